The van der Waals surface area contributed by atoms with Crippen LogP contribution in [0.2, 0.25) is 0 Å². The molecule has 118 valence electrons. The van der Waals surface area contributed by atoms with Gasteiger partial charge in [-0.25, -0.2) is 0 Å². The molecule has 1 aromatic heterocycles. The van der Waals surface area contributed by atoms with Gasteiger partial charge in [-0.1, -0.05) is 6.42 Å². The van der Waals surface area contributed by atoms with Crippen molar-refractivity contribution in [1.29, 1.82) is 0 Å². The van der Waals surface area contributed by atoms with E-state index in [0.29, 0.717) is 19.5 Å². The summed E-state index contributed by atoms with van der Waals surface area (Å²) in [6, 6.07) is 3.32. The molecule has 0 aliphatic carbocycles. The Morgan fingerprint density at radius 3 is 3.09 bits per heavy atom. The van der Waals surface area contributed by atoms with Crippen molar-refractivity contribution in [3.63, 3.8) is 0 Å². The number of pyridine rings is 1. The minimum atomic E-state index is -0.368. The quantitative estimate of drug-likeness (QED) is 0.908. The Hall–Kier alpha value is -2.11. The number of hydrogen-bond acceptors (Lipinski definition) is 4. The van der Waals surface area contributed by atoms with Crippen molar-refractivity contribution in [3.05, 3.63) is 24.5 Å². The van der Waals surface area contributed by atoms with Gasteiger partial charge >= 0.3 is 0 Å². The maximum absolute atomic E-state index is 12.5. The standard InChI is InChI=1S/C16H21N3O3/c20-15-6-2-1-5-14(18-15)16(21)19-9-7-13(11-19)22-12-4-3-8-17-10-12/h3-4,8,10,13-14H,1-2,5-7,9,11H2,(H,18,20)/t13-,14+/m1/s1. The van der Waals surface area contributed by atoms with Crippen LogP contribution in [0.1, 0.15) is 32.1 Å². The van der Waals surface area contributed by atoms with Crippen molar-refractivity contribution in [1.82, 2.24) is 15.2 Å². The molecule has 2 fully saturated rings. The molecule has 0 radical (unpaired) electrons. The van der Waals surface area contributed by atoms with Gasteiger partial charge in [0, 0.05) is 25.6 Å². The van der Waals surface area contributed by atoms with Crippen LogP contribution in [0.4, 0.5) is 0 Å². The van der Waals surface area contributed by atoms with Crippen LogP contribution in [0.15, 0.2) is 24.5 Å². The van der Waals surface area contributed by atoms with E-state index in [-0.39, 0.29) is 24.0 Å². The normalized spacial score (nSPS) is 25.5. The Morgan fingerprint density at radius 2 is 2.27 bits per heavy atom. The number of aromatic nitrogens is 1. The average Bonchev–Trinajstić information content (AvgIpc) is 2.88. The number of ether oxygens (including phenoxy) is 1. The number of amides is 2. The first-order valence-corrected chi connectivity index (χ1v) is 7.87. The molecular formula is C16H21N3O3. The van der Waals surface area contributed by atoms with Crippen LogP contribution >= 0.6 is 0 Å². The topological polar surface area (TPSA) is 71.5 Å². The van der Waals surface area contributed by atoms with Gasteiger partial charge in [0.15, 0.2) is 0 Å². The smallest absolute Gasteiger partial charge is 0.245 e. The van der Waals surface area contributed by atoms with E-state index >= 15 is 0 Å². The molecule has 3 heterocycles. The minimum Gasteiger partial charge on any atom is -0.487 e. The molecule has 0 unspecified atom stereocenters. The molecule has 3 rings (SSSR count). The van der Waals surface area contributed by atoms with Gasteiger partial charge in [0.2, 0.25) is 11.8 Å². The summed E-state index contributed by atoms with van der Waals surface area (Å²) in [5, 5.41) is 2.84. The predicted molar refractivity (Wildman–Crippen MR) is 80.2 cm³/mol. The summed E-state index contributed by atoms with van der Waals surface area (Å²) in [6.07, 6.45) is 7.21. The lowest BCUT2D eigenvalue weighted by Crippen LogP contribution is -2.47. The third-order valence-electron chi connectivity index (χ3n) is 4.17. The van der Waals surface area contributed by atoms with Crippen LogP contribution in [-0.4, -0.2) is 46.9 Å². The molecule has 2 amide bonds. The molecule has 6 heteroatoms. The highest BCUT2D eigenvalue weighted by Crippen LogP contribution is 2.19. The molecule has 0 spiro atoms. The zero-order valence-corrected chi connectivity index (χ0v) is 12.5. The summed E-state index contributed by atoms with van der Waals surface area (Å²) in [5.41, 5.74) is 0. The van der Waals surface area contributed by atoms with Crippen molar-refractivity contribution in [2.24, 2.45) is 0 Å². The molecule has 1 aromatic rings. The van der Waals surface area contributed by atoms with Gasteiger partial charge in [-0.2, -0.15) is 0 Å². The van der Waals surface area contributed by atoms with Crippen LogP contribution in [-0.2, 0) is 9.59 Å². The number of likely N-dealkylation sites (tertiary alicyclic amines) is 1. The Kier molecular flexibility index (Phi) is 4.56. The average molecular weight is 303 g/mol. The van der Waals surface area contributed by atoms with Crippen LogP contribution < -0.4 is 10.1 Å². The van der Waals surface area contributed by atoms with E-state index in [4.69, 9.17) is 4.74 Å². The highest BCUT2D eigenvalue weighted by molar-refractivity contribution is 5.88. The van der Waals surface area contributed by atoms with E-state index < -0.39 is 0 Å². The SMILES string of the molecule is O=C1CCCC[C@@H](C(=O)N2CC[C@@H](Oc3cccnc3)C2)N1. The molecule has 0 bridgehead atoms. The van der Waals surface area contributed by atoms with Crippen LogP contribution in [0.3, 0.4) is 0 Å². The molecule has 22 heavy (non-hydrogen) atoms. The lowest BCUT2D eigenvalue weighted by Gasteiger charge is -2.23. The van der Waals surface area contributed by atoms with Gasteiger partial charge in [0.25, 0.3) is 0 Å². The molecule has 2 atom stereocenters. The molecule has 6 nitrogen and oxygen atoms in total. The third kappa shape index (κ3) is 3.55. The van der Waals surface area contributed by atoms with Gasteiger partial charge in [-0.05, 0) is 25.0 Å². The van der Waals surface area contributed by atoms with Crippen LogP contribution in [0.5, 0.6) is 5.75 Å². The summed E-state index contributed by atoms with van der Waals surface area (Å²) in [6.45, 7) is 1.25. The molecular weight excluding hydrogens is 282 g/mol. The van der Waals surface area contributed by atoms with Gasteiger partial charge in [0.1, 0.15) is 17.9 Å². The molecule has 1 N–H and O–H groups in total. The molecule has 2 aliphatic heterocycles. The van der Waals surface area contributed by atoms with Crippen LogP contribution in [0, 0.1) is 0 Å². The number of rotatable bonds is 3. The van der Waals surface area contributed by atoms with Crippen molar-refractivity contribution >= 4 is 11.8 Å². The second-order valence-electron chi connectivity index (χ2n) is 5.87. The monoisotopic (exact) mass is 303 g/mol. The van der Waals surface area contributed by atoms with Crippen molar-refractivity contribution in [2.45, 2.75) is 44.2 Å². The van der Waals surface area contributed by atoms with Crippen molar-refractivity contribution in [3.8, 4) is 5.75 Å². The zero-order valence-electron chi connectivity index (χ0n) is 12.5. The molecule has 0 aromatic carbocycles. The summed E-state index contributed by atoms with van der Waals surface area (Å²) in [5.74, 6) is 0.732. The number of carbonyl (C=O) groups is 2. The van der Waals surface area contributed by atoms with Gasteiger partial charge in [-0.3, -0.25) is 14.6 Å². The Balaban J connectivity index is 1.55. The first-order valence-electron chi connectivity index (χ1n) is 7.87. The van der Waals surface area contributed by atoms with E-state index in [1.54, 1.807) is 17.3 Å². The van der Waals surface area contributed by atoms with E-state index in [2.05, 4.69) is 10.3 Å². The zero-order chi connectivity index (χ0) is 15.4. The van der Waals surface area contributed by atoms with Gasteiger partial charge in [-0.15, -0.1) is 0 Å². The maximum atomic E-state index is 12.5. The second kappa shape index (κ2) is 6.77. The highest BCUT2D eigenvalue weighted by Gasteiger charge is 2.33. The number of nitrogens with one attached hydrogen (secondary N) is 1. The van der Waals surface area contributed by atoms with E-state index in [9.17, 15) is 9.59 Å². The lowest BCUT2D eigenvalue weighted by atomic mass is 10.1. The first kappa shape index (κ1) is 14.8. The summed E-state index contributed by atoms with van der Waals surface area (Å²) >= 11 is 0. The second-order valence-corrected chi connectivity index (χ2v) is 5.87. The fraction of sp³-hybridized carbons (Fsp3) is 0.562. The Bertz CT molecular complexity index is 535. The maximum Gasteiger partial charge on any atom is 0.245 e. The number of nitrogens with zero attached hydrogens (tertiary/aromatic N) is 2. The van der Waals surface area contributed by atoms with Crippen LogP contribution in [0.25, 0.3) is 0 Å². The Morgan fingerprint density at radius 1 is 1.36 bits per heavy atom. The fourth-order valence-corrected chi connectivity index (χ4v) is 3.01. The van der Waals surface area contributed by atoms with Gasteiger partial charge < -0.3 is 15.0 Å². The minimum absolute atomic E-state index is 0.00497. The molecule has 2 saturated heterocycles. The number of hydrogen-bond donors (Lipinski definition) is 1. The van der Waals surface area contributed by atoms with E-state index in [0.717, 1.165) is 31.4 Å². The van der Waals surface area contributed by atoms with Gasteiger partial charge in [0.05, 0.1) is 12.7 Å². The first-order chi connectivity index (χ1) is 10.7. The van der Waals surface area contributed by atoms with E-state index in [1.807, 2.05) is 12.1 Å². The lowest BCUT2D eigenvalue weighted by molar-refractivity contribution is -0.135. The third-order valence-corrected chi connectivity index (χ3v) is 4.17. The largest absolute Gasteiger partial charge is 0.487 e. The predicted octanol–water partition coefficient (Wildman–Crippen LogP) is 1.12. The summed E-state index contributed by atoms with van der Waals surface area (Å²) in [7, 11) is 0. The highest BCUT2D eigenvalue weighted by atomic mass is 16.5. The Labute approximate surface area is 129 Å². The fourth-order valence-electron chi connectivity index (χ4n) is 3.01. The number of carbonyl (C=O) groups excluding carboxylic acids is 2. The van der Waals surface area contributed by atoms with Crippen molar-refractivity contribution in [2.75, 3.05) is 13.1 Å². The summed E-state index contributed by atoms with van der Waals surface area (Å²) in [4.78, 5) is 30.0. The summed E-state index contributed by atoms with van der Waals surface area (Å²) < 4.78 is 5.85. The van der Waals surface area contributed by atoms with E-state index in [1.165, 1.54) is 0 Å². The molecule has 2 aliphatic rings. The molecule has 0 saturated carbocycles. The van der Waals surface area contributed by atoms with Crippen molar-refractivity contribution < 1.29 is 14.3 Å².